The van der Waals surface area contributed by atoms with E-state index in [1.165, 1.54) is 32.1 Å². The van der Waals surface area contributed by atoms with Crippen molar-refractivity contribution in [2.24, 2.45) is 5.73 Å². The highest BCUT2D eigenvalue weighted by Crippen LogP contribution is 2.07. The highest BCUT2D eigenvalue weighted by Gasteiger charge is 1.95. The number of unbranched alkanes of at least 4 members (excludes halogenated alkanes) is 5. The Balaban J connectivity index is 0.000000422. The molecule has 0 heterocycles. The summed E-state index contributed by atoms with van der Waals surface area (Å²) in [5.41, 5.74) is 6.62. The van der Waals surface area contributed by atoms with Gasteiger partial charge in [0.15, 0.2) is 0 Å². The first-order valence-corrected chi connectivity index (χ1v) is 8.05. The second-order valence-electron chi connectivity index (χ2n) is 5.35. The lowest BCUT2D eigenvalue weighted by Gasteiger charge is -2.01. The quantitative estimate of drug-likeness (QED) is 0.541. The van der Waals surface area contributed by atoms with E-state index < -0.39 is 12.1 Å². The van der Waals surface area contributed by atoms with Crippen molar-refractivity contribution in [3.05, 3.63) is 29.8 Å². The van der Waals surface area contributed by atoms with Crippen LogP contribution >= 0.6 is 0 Å². The van der Waals surface area contributed by atoms with Gasteiger partial charge in [0.05, 0.1) is 0 Å². The van der Waals surface area contributed by atoms with Crippen molar-refractivity contribution in [1.82, 2.24) is 5.32 Å². The molecule has 6 heteroatoms. The number of primary amides is 1. The van der Waals surface area contributed by atoms with E-state index in [1.807, 2.05) is 19.1 Å². The molecule has 1 aromatic carbocycles. The molecule has 0 atom stereocenters. The predicted octanol–water partition coefficient (Wildman–Crippen LogP) is 4.10. The summed E-state index contributed by atoms with van der Waals surface area (Å²) in [5.74, 6) is 0. The third kappa shape index (κ3) is 14.5. The Kier molecular flexibility index (Phi) is 12.1. The molecule has 3 amide bonds. The smallest absolute Gasteiger partial charge is 0.409 e. The van der Waals surface area contributed by atoms with E-state index in [9.17, 15) is 9.59 Å². The molecule has 0 saturated carbocycles. The minimum absolute atomic E-state index is 0.413. The van der Waals surface area contributed by atoms with Crippen LogP contribution in [0.4, 0.5) is 15.3 Å². The zero-order valence-electron chi connectivity index (χ0n) is 14.1. The summed E-state index contributed by atoms with van der Waals surface area (Å²) in [4.78, 5) is 20.4. The van der Waals surface area contributed by atoms with E-state index in [-0.39, 0.29) is 0 Å². The number of benzene rings is 1. The Morgan fingerprint density at radius 2 is 1.61 bits per heavy atom. The molecular formula is C17H29N3O3. The fraction of sp³-hybridized carbons (Fsp3) is 0.529. The van der Waals surface area contributed by atoms with Crippen LogP contribution in [0.3, 0.4) is 0 Å². The van der Waals surface area contributed by atoms with Crippen molar-refractivity contribution in [2.75, 3.05) is 11.9 Å². The largest absolute Gasteiger partial charge is 0.465 e. The second-order valence-corrected chi connectivity index (χ2v) is 5.35. The van der Waals surface area contributed by atoms with E-state index in [2.05, 4.69) is 17.6 Å². The van der Waals surface area contributed by atoms with Crippen LogP contribution in [0.15, 0.2) is 24.3 Å². The molecular weight excluding hydrogens is 294 g/mol. The molecule has 1 aromatic rings. The third-order valence-corrected chi connectivity index (χ3v) is 3.13. The van der Waals surface area contributed by atoms with Crippen LogP contribution in [0.5, 0.6) is 0 Å². The number of hydrogen-bond donors (Lipinski definition) is 4. The van der Waals surface area contributed by atoms with Gasteiger partial charge in [0, 0.05) is 12.2 Å². The van der Waals surface area contributed by atoms with Gasteiger partial charge < -0.3 is 16.2 Å². The number of nitrogens with one attached hydrogen (secondary N) is 2. The molecule has 5 N–H and O–H groups in total. The number of anilines is 1. The number of carbonyl (C=O) groups is 2. The minimum atomic E-state index is -1.03. The normalized spacial score (nSPS) is 9.48. The third-order valence-electron chi connectivity index (χ3n) is 3.13. The van der Waals surface area contributed by atoms with Crippen LogP contribution in [0, 0.1) is 6.92 Å². The van der Waals surface area contributed by atoms with Crippen molar-refractivity contribution in [1.29, 1.82) is 0 Å². The Bertz CT molecular complexity index is 447. The first-order valence-electron chi connectivity index (χ1n) is 8.05. The molecule has 0 aliphatic heterocycles. The van der Waals surface area contributed by atoms with E-state index in [4.69, 9.17) is 10.8 Å². The molecule has 0 bridgehead atoms. The molecule has 130 valence electrons. The Labute approximate surface area is 138 Å². The van der Waals surface area contributed by atoms with E-state index in [1.54, 1.807) is 12.1 Å². The van der Waals surface area contributed by atoms with Crippen LogP contribution in [0.1, 0.15) is 51.0 Å². The SMILES string of the molecule is CCCCCCCCNC(N)=O.Cc1ccc(NC(=O)O)cc1. The van der Waals surface area contributed by atoms with Crippen LogP contribution in [-0.4, -0.2) is 23.8 Å². The summed E-state index contributed by atoms with van der Waals surface area (Å²) in [5, 5.41) is 13.1. The van der Waals surface area contributed by atoms with Crippen molar-refractivity contribution in [2.45, 2.75) is 52.4 Å². The Morgan fingerprint density at radius 1 is 1.04 bits per heavy atom. The highest BCUT2D eigenvalue weighted by atomic mass is 16.4. The molecule has 0 spiro atoms. The van der Waals surface area contributed by atoms with Gasteiger partial charge in [0.2, 0.25) is 0 Å². The molecule has 0 unspecified atom stereocenters. The average molecular weight is 323 g/mol. The summed E-state index contributed by atoms with van der Waals surface area (Å²) in [6.45, 7) is 4.88. The minimum Gasteiger partial charge on any atom is -0.465 e. The summed E-state index contributed by atoms with van der Waals surface area (Å²) < 4.78 is 0. The molecule has 0 aliphatic rings. The Morgan fingerprint density at radius 3 is 2.13 bits per heavy atom. The van der Waals surface area contributed by atoms with Crippen LogP contribution in [0.25, 0.3) is 0 Å². The van der Waals surface area contributed by atoms with Crippen LogP contribution < -0.4 is 16.4 Å². The van der Waals surface area contributed by atoms with Gasteiger partial charge in [0.25, 0.3) is 0 Å². The summed E-state index contributed by atoms with van der Waals surface area (Å²) >= 11 is 0. The number of carboxylic acid groups (broad SMARTS) is 1. The van der Waals surface area contributed by atoms with Gasteiger partial charge in [-0.25, -0.2) is 9.59 Å². The molecule has 23 heavy (non-hydrogen) atoms. The number of amides is 3. The van der Waals surface area contributed by atoms with Crippen molar-refractivity contribution in [3.63, 3.8) is 0 Å². The van der Waals surface area contributed by atoms with E-state index in [0.29, 0.717) is 5.69 Å². The maximum absolute atomic E-state index is 10.2. The fourth-order valence-corrected chi connectivity index (χ4v) is 1.88. The molecule has 0 aromatic heterocycles. The number of carbonyl (C=O) groups excluding carboxylic acids is 1. The monoisotopic (exact) mass is 323 g/mol. The fourth-order valence-electron chi connectivity index (χ4n) is 1.88. The average Bonchev–Trinajstić information content (AvgIpc) is 2.49. The first-order chi connectivity index (χ1) is 11.0. The van der Waals surface area contributed by atoms with Crippen molar-refractivity contribution >= 4 is 17.8 Å². The molecule has 0 saturated heterocycles. The summed E-state index contributed by atoms with van der Waals surface area (Å²) in [6, 6.07) is 6.74. The van der Waals surface area contributed by atoms with Crippen LogP contribution in [0.2, 0.25) is 0 Å². The van der Waals surface area contributed by atoms with Gasteiger partial charge in [0.1, 0.15) is 0 Å². The molecule has 0 radical (unpaired) electrons. The highest BCUT2D eigenvalue weighted by molar-refractivity contribution is 5.82. The summed E-state index contributed by atoms with van der Waals surface area (Å²) in [7, 11) is 0. The number of nitrogens with two attached hydrogens (primary N) is 1. The van der Waals surface area contributed by atoms with Gasteiger partial charge >= 0.3 is 12.1 Å². The van der Waals surface area contributed by atoms with Gasteiger partial charge in [-0.1, -0.05) is 56.7 Å². The van der Waals surface area contributed by atoms with Crippen molar-refractivity contribution in [3.8, 4) is 0 Å². The molecule has 6 nitrogen and oxygen atoms in total. The molecule has 1 rings (SSSR count). The predicted molar refractivity (Wildman–Crippen MR) is 93.8 cm³/mol. The number of aryl methyl sites for hydroxylation is 1. The van der Waals surface area contributed by atoms with Crippen LogP contribution in [-0.2, 0) is 0 Å². The van der Waals surface area contributed by atoms with E-state index in [0.717, 1.165) is 18.5 Å². The lowest BCUT2D eigenvalue weighted by atomic mass is 10.1. The van der Waals surface area contributed by atoms with E-state index >= 15 is 0 Å². The van der Waals surface area contributed by atoms with Gasteiger partial charge in [-0.15, -0.1) is 0 Å². The maximum Gasteiger partial charge on any atom is 0.409 e. The lowest BCUT2D eigenvalue weighted by Crippen LogP contribution is -2.29. The van der Waals surface area contributed by atoms with Crippen molar-refractivity contribution < 1.29 is 14.7 Å². The zero-order valence-corrected chi connectivity index (χ0v) is 14.1. The number of urea groups is 1. The topological polar surface area (TPSA) is 104 Å². The van der Waals surface area contributed by atoms with Gasteiger partial charge in [-0.05, 0) is 25.5 Å². The first kappa shape index (κ1) is 20.8. The standard InChI is InChI=1S/C9H20N2O.C8H9NO2/c1-2-3-4-5-6-7-8-11-9(10)12;1-6-2-4-7(5-3-6)9-8(10)11/h2-8H2,1H3,(H3,10,11,12);2-5,9H,1H3,(H,10,11). The van der Waals surface area contributed by atoms with Gasteiger partial charge in [-0.2, -0.15) is 0 Å². The number of hydrogen-bond acceptors (Lipinski definition) is 2. The number of rotatable bonds is 8. The maximum atomic E-state index is 10.2. The molecule has 0 fully saturated rings. The Hall–Kier alpha value is -2.24. The van der Waals surface area contributed by atoms with Gasteiger partial charge in [-0.3, -0.25) is 5.32 Å². The lowest BCUT2D eigenvalue weighted by molar-refractivity contribution is 0.209. The second kappa shape index (κ2) is 13.4. The molecule has 0 aliphatic carbocycles. The zero-order chi connectivity index (χ0) is 17.5. The summed E-state index contributed by atoms with van der Waals surface area (Å²) in [6.07, 6.45) is 6.39.